The summed E-state index contributed by atoms with van der Waals surface area (Å²) in [7, 11) is 5.95. The normalized spacial score (nSPS) is 22.7. The number of carbonyl (C=O) groups excluding carboxylic acids is 1. The first-order valence-corrected chi connectivity index (χ1v) is 4.98. The van der Waals surface area contributed by atoms with Crippen molar-refractivity contribution in [2.24, 2.45) is 0 Å². The van der Waals surface area contributed by atoms with Crippen LogP contribution < -0.4 is 10.6 Å². The minimum Gasteiger partial charge on any atom is -0.336 e. The topological polar surface area (TPSA) is 47.6 Å². The number of hydrogen-bond donors (Lipinski definition) is 2. The summed E-state index contributed by atoms with van der Waals surface area (Å²) in [6.07, 6.45) is 0. The molecule has 1 atom stereocenters. The SMILES string of the molecule is CNC1CNC(=O)N(CCN(C)C)C1. The van der Waals surface area contributed by atoms with E-state index in [0.717, 1.165) is 26.2 Å². The van der Waals surface area contributed by atoms with Crippen molar-refractivity contribution >= 4 is 6.03 Å². The Hall–Kier alpha value is -0.810. The van der Waals surface area contributed by atoms with Gasteiger partial charge in [0.25, 0.3) is 0 Å². The molecule has 0 aromatic heterocycles. The van der Waals surface area contributed by atoms with E-state index in [2.05, 4.69) is 15.5 Å². The van der Waals surface area contributed by atoms with Crippen molar-refractivity contribution in [1.82, 2.24) is 20.4 Å². The molecule has 1 aliphatic rings. The molecule has 14 heavy (non-hydrogen) atoms. The highest BCUT2D eigenvalue weighted by Gasteiger charge is 2.23. The van der Waals surface area contributed by atoms with Crippen molar-refractivity contribution in [3.8, 4) is 0 Å². The Kier molecular flexibility index (Phi) is 4.16. The summed E-state index contributed by atoms with van der Waals surface area (Å²) in [4.78, 5) is 15.4. The molecule has 5 heteroatoms. The van der Waals surface area contributed by atoms with Crippen molar-refractivity contribution < 1.29 is 4.79 Å². The van der Waals surface area contributed by atoms with Crippen molar-refractivity contribution in [2.75, 3.05) is 47.3 Å². The summed E-state index contributed by atoms with van der Waals surface area (Å²) < 4.78 is 0. The second-order valence-electron chi connectivity index (χ2n) is 3.92. The number of hydrogen-bond acceptors (Lipinski definition) is 3. The predicted molar refractivity (Wildman–Crippen MR) is 56.4 cm³/mol. The molecule has 0 saturated carbocycles. The lowest BCUT2D eigenvalue weighted by atomic mass is 10.2. The van der Waals surface area contributed by atoms with Crippen LogP contribution in [0.3, 0.4) is 0 Å². The summed E-state index contributed by atoms with van der Waals surface area (Å²) >= 11 is 0. The molecule has 1 aliphatic heterocycles. The first-order chi connectivity index (χ1) is 6.63. The van der Waals surface area contributed by atoms with E-state index in [4.69, 9.17) is 0 Å². The first-order valence-electron chi connectivity index (χ1n) is 4.98. The van der Waals surface area contributed by atoms with Crippen LogP contribution in [0.5, 0.6) is 0 Å². The van der Waals surface area contributed by atoms with Crippen LogP contribution in [-0.4, -0.2) is 69.2 Å². The number of rotatable bonds is 4. The predicted octanol–water partition coefficient (Wildman–Crippen LogP) is -0.839. The molecule has 1 heterocycles. The Morgan fingerprint density at radius 3 is 2.93 bits per heavy atom. The molecular weight excluding hydrogens is 180 g/mol. The Balaban J connectivity index is 2.36. The fourth-order valence-corrected chi connectivity index (χ4v) is 1.44. The number of nitrogens with zero attached hydrogens (tertiary/aromatic N) is 2. The second-order valence-corrected chi connectivity index (χ2v) is 3.92. The second kappa shape index (κ2) is 5.17. The van der Waals surface area contributed by atoms with Gasteiger partial charge in [-0.25, -0.2) is 4.79 Å². The summed E-state index contributed by atoms with van der Waals surface area (Å²) in [6.45, 7) is 3.23. The highest BCUT2D eigenvalue weighted by molar-refractivity contribution is 5.75. The molecule has 0 aromatic carbocycles. The van der Waals surface area contributed by atoms with E-state index >= 15 is 0 Å². The van der Waals surface area contributed by atoms with Gasteiger partial charge in [0, 0.05) is 32.2 Å². The summed E-state index contributed by atoms with van der Waals surface area (Å²) in [5.74, 6) is 0. The van der Waals surface area contributed by atoms with Crippen LogP contribution in [0.25, 0.3) is 0 Å². The molecular formula is C9H20N4O. The molecule has 1 fully saturated rings. The molecule has 1 rings (SSSR count). The minimum absolute atomic E-state index is 0.0540. The maximum Gasteiger partial charge on any atom is 0.317 e. The van der Waals surface area contributed by atoms with Crippen LogP contribution in [-0.2, 0) is 0 Å². The molecule has 0 aromatic rings. The van der Waals surface area contributed by atoms with E-state index in [9.17, 15) is 4.79 Å². The molecule has 0 spiro atoms. The fraction of sp³-hybridized carbons (Fsp3) is 0.889. The van der Waals surface area contributed by atoms with Gasteiger partial charge in [-0.05, 0) is 21.1 Å². The van der Waals surface area contributed by atoms with Gasteiger partial charge in [0.2, 0.25) is 0 Å². The van der Waals surface area contributed by atoms with Gasteiger partial charge in [-0.15, -0.1) is 0 Å². The van der Waals surface area contributed by atoms with Crippen molar-refractivity contribution in [3.05, 3.63) is 0 Å². The molecule has 2 amide bonds. The van der Waals surface area contributed by atoms with Gasteiger partial charge in [0.05, 0.1) is 0 Å². The highest BCUT2D eigenvalue weighted by atomic mass is 16.2. The number of nitrogens with one attached hydrogen (secondary N) is 2. The lowest BCUT2D eigenvalue weighted by Gasteiger charge is -2.33. The lowest BCUT2D eigenvalue weighted by molar-refractivity contribution is 0.169. The molecule has 1 unspecified atom stereocenters. The van der Waals surface area contributed by atoms with Gasteiger partial charge < -0.3 is 20.4 Å². The van der Waals surface area contributed by atoms with E-state index in [-0.39, 0.29) is 6.03 Å². The van der Waals surface area contributed by atoms with Crippen LogP contribution in [0, 0.1) is 0 Å². The van der Waals surface area contributed by atoms with Gasteiger partial charge >= 0.3 is 6.03 Å². The zero-order valence-electron chi connectivity index (χ0n) is 9.21. The molecule has 0 radical (unpaired) electrons. The largest absolute Gasteiger partial charge is 0.336 e. The summed E-state index contributed by atoms with van der Waals surface area (Å²) in [5, 5.41) is 6.03. The van der Waals surface area contributed by atoms with E-state index in [0.29, 0.717) is 6.04 Å². The molecule has 2 N–H and O–H groups in total. The van der Waals surface area contributed by atoms with E-state index in [1.54, 1.807) is 0 Å². The Morgan fingerprint density at radius 2 is 2.36 bits per heavy atom. The van der Waals surface area contributed by atoms with Crippen LogP contribution >= 0.6 is 0 Å². The summed E-state index contributed by atoms with van der Waals surface area (Å²) in [5.41, 5.74) is 0. The number of urea groups is 1. The monoisotopic (exact) mass is 200 g/mol. The molecule has 0 aliphatic carbocycles. The smallest absolute Gasteiger partial charge is 0.317 e. The van der Waals surface area contributed by atoms with Crippen LogP contribution in [0.15, 0.2) is 0 Å². The third kappa shape index (κ3) is 3.16. The van der Waals surface area contributed by atoms with Gasteiger partial charge in [-0.1, -0.05) is 0 Å². The van der Waals surface area contributed by atoms with Crippen molar-refractivity contribution in [1.29, 1.82) is 0 Å². The van der Waals surface area contributed by atoms with Crippen LogP contribution in [0.1, 0.15) is 0 Å². The molecule has 1 saturated heterocycles. The van der Waals surface area contributed by atoms with Gasteiger partial charge in [-0.2, -0.15) is 0 Å². The first kappa shape index (κ1) is 11.3. The fourth-order valence-electron chi connectivity index (χ4n) is 1.44. The molecule has 5 nitrogen and oxygen atoms in total. The van der Waals surface area contributed by atoms with Gasteiger partial charge in [-0.3, -0.25) is 0 Å². The Morgan fingerprint density at radius 1 is 1.64 bits per heavy atom. The third-order valence-electron chi connectivity index (χ3n) is 2.45. The van der Waals surface area contributed by atoms with Crippen molar-refractivity contribution in [2.45, 2.75) is 6.04 Å². The lowest BCUT2D eigenvalue weighted by Crippen LogP contribution is -2.58. The minimum atomic E-state index is 0.0540. The average Bonchev–Trinajstić information content (AvgIpc) is 2.16. The van der Waals surface area contributed by atoms with Crippen LogP contribution in [0.2, 0.25) is 0 Å². The quantitative estimate of drug-likeness (QED) is 0.622. The van der Waals surface area contributed by atoms with Gasteiger partial charge in [0.15, 0.2) is 0 Å². The number of likely N-dealkylation sites (N-methyl/N-ethyl adjacent to an activating group) is 2. The van der Waals surface area contributed by atoms with Crippen molar-refractivity contribution in [3.63, 3.8) is 0 Å². The molecule has 0 bridgehead atoms. The number of carbonyl (C=O) groups is 1. The third-order valence-corrected chi connectivity index (χ3v) is 2.45. The zero-order valence-corrected chi connectivity index (χ0v) is 9.21. The highest BCUT2D eigenvalue weighted by Crippen LogP contribution is 1.99. The standard InChI is InChI=1S/C9H20N4O/c1-10-8-6-11-9(14)13(7-8)5-4-12(2)3/h8,10H,4-7H2,1-3H3,(H,11,14). The number of amides is 2. The zero-order chi connectivity index (χ0) is 10.6. The molecule has 82 valence electrons. The van der Waals surface area contributed by atoms with Gasteiger partial charge in [0.1, 0.15) is 0 Å². The maximum atomic E-state index is 11.4. The van der Waals surface area contributed by atoms with Crippen LogP contribution in [0.4, 0.5) is 4.79 Å². The Labute approximate surface area is 85.4 Å². The maximum absolute atomic E-state index is 11.4. The Bertz CT molecular complexity index is 195. The van der Waals surface area contributed by atoms with E-state index in [1.165, 1.54) is 0 Å². The summed E-state index contributed by atoms with van der Waals surface area (Å²) in [6, 6.07) is 0.424. The van der Waals surface area contributed by atoms with E-state index in [1.807, 2.05) is 26.0 Å². The average molecular weight is 200 g/mol. The van der Waals surface area contributed by atoms with E-state index < -0.39 is 0 Å².